The van der Waals surface area contributed by atoms with Crippen LogP contribution >= 0.6 is 0 Å². The van der Waals surface area contributed by atoms with E-state index in [2.05, 4.69) is 0 Å². The molecule has 3 N–H and O–H groups in total. The lowest BCUT2D eigenvalue weighted by Gasteiger charge is -2.09. The fraction of sp³-hybridized carbons (Fsp3) is 0.125. The van der Waals surface area contributed by atoms with Crippen molar-refractivity contribution in [1.29, 1.82) is 0 Å². The summed E-state index contributed by atoms with van der Waals surface area (Å²) in [5, 5.41) is 5.91. The molecule has 0 aliphatic carbocycles. The third kappa shape index (κ3) is 3.40. The van der Waals surface area contributed by atoms with Gasteiger partial charge in [-0.05, 0) is 18.2 Å². The van der Waals surface area contributed by atoms with Gasteiger partial charge in [0.15, 0.2) is 0 Å². The smallest absolute Gasteiger partial charge is 0.316 e. The first kappa shape index (κ1) is 14.4. The molecule has 0 bridgehead atoms. The van der Waals surface area contributed by atoms with Crippen molar-refractivity contribution in [3.8, 4) is 0 Å². The summed E-state index contributed by atoms with van der Waals surface area (Å²) in [6.45, 7) is 0. The molecule has 0 aromatic heterocycles. The summed E-state index contributed by atoms with van der Waals surface area (Å²) in [7, 11) is -4.21. The van der Waals surface area contributed by atoms with Gasteiger partial charge in [0.05, 0.1) is 10.6 Å². The Bertz CT molecular complexity index is 582. The summed E-state index contributed by atoms with van der Waals surface area (Å²) < 4.78 is 70.7. The Hall–Kier alpha value is -1.68. The largest absolute Gasteiger partial charge is 0.471 e. The van der Waals surface area contributed by atoms with Crippen molar-refractivity contribution in [2.24, 2.45) is 5.14 Å². The van der Waals surface area contributed by atoms with Gasteiger partial charge < -0.3 is 5.32 Å². The minimum Gasteiger partial charge on any atom is -0.316 e. The Morgan fingerprint density at radius 2 is 1.83 bits per heavy atom. The molecule has 100 valence electrons. The van der Waals surface area contributed by atoms with Crippen LogP contribution in [0, 0.1) is 5.82 Å². The third-order valence-corrected chi connectivity index (χ3v) is 2.68. The van der Waals surface area contributed by atoms with Gasteiger partial charge in [0.1, 0.15) is 5.82 Å². The number of amides is 1. The maximum Gasteiger partial charge on any atom is 0.471 e. The Labute approximate surface area is 98.6 Å². The van der Waals surface area contributed by atoms with Crippen molar-refractivity contribution >= 4 is 21.6 Å². The minimum atomic E-state index is -5.22. The van der Waals surface area contributed by atoms with Gasteiger partial charge in [-0.3, -0.25) is 4.79 Å². The second-order valence-electron chi connectivity index (χ2n) is 3.14. The van der Waals surface area contributed by atoms with Crippen molar-refractivity contribution in [1.82, 2.24) is 0 Å². The van der Waals surface area contributed by atoms with Gasteiger partial charge in [-0.15, -0.1) is 0 Å². The van der Waals surface area contributed by atoms with Gasteiger partial charge >= 0.3 is 12.1 Å². The summed E-state index contributed by atoms with van der Waals surface area (Å²) in [4.78, 5) is 9.94. The van der Waals surface area contributed by atoms with Crippen LogP contribution in [-0.2, 0) is 14.8 Å². The lowest BCUT2D eigenvalue weighted by atomic mass is 10.3. The number of hydrogen-bond acceptors (Lipinski definition) is 3. The Balaban J connectivity index is 3.14. The molecule has 0 unspecified atom stereocenters. The molecular formula is C8H6F4N2O3S. The van der Waals surface area contributed by atoms with E-state index < -0.39 is 38.5 Å². The number of nitrogens with one attached hydrogen (secondary N) is 1. The highest BCUT2D eigenvalue weighted by molar-refractivity contribution is 7.89. The molecule has 10 heteroatoms. The predicted molar refractivity (Wildman–Crippen MR) is 52.5 cm³/mol. The Morgan fingerprint density at radius 1 is 1.28 bits per heavy atom. The lowest BCUT2D eigenvalue weighted by Crippen LogP contribution is -2.30. The number of alkyl halides is 3. The summed E-state index contributed by atoms with van der Waals surface area (Å²) in [5.41, 5.74) is -0.927. The van der Waals surface area contributed by atoms with Crippen LogP contribution in [0.25, 0.3) is 0 Å². The van der Waals surface area contributed by atoms with Crippen LogP contribution in [0.15, 0.2) is 23.1 Å². The minimum absolute atomic E-state index is 0.494. The highest BCUT2D eigenvalue weighted by atomic mass is 32.2. The average Bonchev–Trinajstić information content (AvgIpc) is 2.18. The molecule has 0 radical (unpaired) electrons. The number of halogens is 4. The van der Waals surface area contributed by atoms with Gasteiger partial charge in [0.25, 0.3) is 0 Å². The molecular weight excluding hydrogens is 280 g/mol. The van der Waals surface area contributed by atoms with Gasteiger partial charge in [0, 0.05) is 0 Å². The predicted octanol–water partition coefficient (Wildman–Crippen LogP) is 0.974. The molecule has 0 saturated carbocycles. The zero-order valence-corrected chi connectivity index (χ0v) is 9.27. The maximum absolute atomic E-state index is 13.1. The summed E-state index contributed by atoms with van der Waals surface area (Å²) in [6, 6.07) is 1.83. The first-order valence-corrected chi connectivity index (χ1v) is 5.77. The first-order valence-electron chi connectivity index (χ1n) is 4.22. The fourth-order valence-electron chi connectivity index (χ4n) is 0.970. The second kappa shape index (κ2) is 4.53. The third-order valence-electron chi connectivity index (χ3n) is 1.77. The van der Waals surface area contributed by atoms with Gasteiger partial charge in [0.2, 0.25) is 10.0 Å². The van der Waals surface area contributed by atoms with Crippen LogP contribution in [0.5, 0.6) is 0 Å². The average molecular weight is 286 g/mol. The van der Waals surface area contributed by atoms with Crippen molar-refractivity contribution in [2.75, 3.05) is 5.32 Å². The van der Waals surface area contributed by atoms with E-state index in [-0.39, 0.29) is 0 Å². The van der Waals surface area contributed by atoms with Crippen molar-refractivity contribution in [2.45, 2.75) is 11.1 Å². The topological polar surface area (TPSA) is 89.3 Å². The number of primary sulfonamides is 1. The van der Waals surface area contributed by atoms with Crippen LogP contribution in [-0.4, -0.2) is 20.5 Å². The van der Waals surface area contributed by atoms with Crippen molar-refractivity contribution in [3.63, 3.8) is 0 Å². The second-order valence-corrected chi connectivity index (χ2v) is 4.70. The van der Waals surface area contributed by atoms with E-state index >= 15 is 0 Å². The zero-order chi connectivity index (χ0) is 14.1. The number of hydrogen-bond donors (Lipinski definition) is 2. The van der Waals surface area contributed by atoms with E-state index in [1.807, 2.05) is 0 Å². The summed E-state index contributed by atoms with van der Waals surface area (Å²) in [6.07, 6.45) is -5.22. The number of carbonyl (C=O) groups excluding carboxylic acids is 1. The molecule has 0 aliphatic rings. The SMILES string of the molecule is NS(=O)(=O)c1ccc(F)c(NC(=O)C(F)(F)F)c1. The van der Waals surface area contributed by atoms with Crippen LogP contribution in [0.1, 0.15) is 0 Å². The number of rotatable bonds is 2. The normalized spacial score (nSPS) is 12.3. The standard InChI is InChI=1S/C8H6F4N2O3S/c9-5-2-1-4(18(13,16)17)3-6(5)14-7(15)8(10,11)12/h1-3H,(H,14,15)(H2,13,16,17). The van der Waals surface area contributed by atoms with Crippen LogP contribution < -0.4 is 10.5 Å². The van der Waals surface area contributed by atoms with Crippen molar-refractivity contribution in [3.05, 3.63) is 24.0 Å². The number of benzene rings is 1. The first-order chi connectivity index (χ1) is 8.01. The quantitative estimate of drug-likeness (QED) is 0.794. The monoisotopic (exact) mass is 286 g/mol. The number of anilines is 1. The van der Waals surface area contributed by atoms with E-state index in [4.69, 9.17) is 5.14 Å². The molecule has 1 aromatic rings. The number of nitrogens with two attached hydrogens (primary N) is 1. The van der Waals surface area contributed by atoms with Crippen LogP contribution in [0.2, 0.25) is 0 Å². The summed E-state index contributed by atoms with van der Waals surface area (Å²) in [5.74, 6) is -3.65. The molecule has 1 rings (SSSR count). The highest BCUT2D eigenvalue weighted by Gasteiger charge is 2.39. The molecule has 0 aliphatic heterocycles. The molecule has 0 spiro atoms. The summed E-state index contributed by atoms with van der Waals surface area (Å²) >= 11 is 0. The molecule has 18 heavy (non-hydrogen) atoms. The van der Waals surface area contributed by atoms with E-state index in [0.29, 0.717) is 12.1 Å². The highest BCUT2D eigenvalue weighted by Crippen LogP contribution is 2.22. The maximum atomic E-state index is 13.1. The zero-order valence-electron chi connectivity index (χ0n) is 8.45. The molecule has 1 aromatic carbocycles. The number of carbonyl (C=O) groups is 1. The molecule has 0 fully saturated rings. The van der Waals surface area contributed by atoms with Gasteiger partial charge in [-0.2, -0.15) is 13.2 Å². The molecule has 0 saturated heterocycles. The molecule has 5 nitrogen and oxygen atoms in total. The van der Waals surface area contributed by atoms with Gasteiger partial charge in [-0.25, -0.2) is 17.9 Å². The van der Waals surface area contributed by atoms with E-state index in [1.54, 1.807) is 0 Å². The van der Waals surface area contributed by atoms with E-state index in [0.717, 1.165) is 6.07 Å². The lowest BCUT2D eigenvalue weighted by molar-refractivity contribution is -0.167. The van der Waals surface area contributed by atoms with Crippen molar-refractivity contribution < 1.29 is 30.8 Å². The fourth-order valence-corrected chi connectivity index (χ4v) is 1.51. The molecule has 0 heterocycles. The number of sulfonamides is 1. The Morgan fingerprint density at radius 3 is 2.28 bits per heavy atom. The molecule has 1 amide bonds. The van der Waals surface area contributed by atoms with Crippen LogP contribution in [0.3, 0.4) is 0 Å². The Kier molecular flexibility index (Phi) is 3.62. The van der Waals surface area contributed by atoms with Gasteiger partial charge in [-0.1, -0.05) is 0 Å². The molecule has 0 atom stereocenters. The van der Waals surface area contributed by atoms with E-state index in [1.165, 1.54) is 5.32 Å². The van der Waals surface area contributed by atoms with Crippen LogP contribution in [0.4, 0.5) is 23.2 Å². The van der Waals surface area contributed by atoms with E-state index in [9.17, 15) is 30.8 Å².